The standard InChI is InChI=1S/C26H16Br2F3N3O7/c1-2-40-21-11-13(9-17-23(35)32-25(37)33(24(17)36)16-6-4-15(27)5-7-16)10-18(28)22(21)41-20-8-3-14(26(29,30)31)12-19(20)34(38)39/h3-12H,2H2,1H3,(H,32,35,37)/b17-9+. The fourth-order valence-corrected chi connectivity index (χ4v) is 4.52. The van der Waals surface area contributed by atoms with Gasteiger partial charge in [0.25, 0.3) is 11.8 Å². The van der Waals surface area contributed by atoms with Crippen LogP contribution in [0.2, 0.25) is 0 Å². The van der Waals surface area contributed by atoms with Crippen molar-refractivity contribution >= 4 is 67.2 Å². The SMILES string of the molecule is CCOc1cc(/C=C2\C(=O)NC(=O)N(c3ccc(Br)cc3)C2=O)cc(Br)c1Oc1ccc(C(F)(F)F)cc1[N+](=O)[O-]. The Morgan fingerprint density at radius 3 is 2.32 bits per heavy atom. The van der Waals surface area contributed by atoms with E-state index in [2.05, 4.69) is 37.2 Å². The number of nitro benzene ring substituents is 1. The van der Waals surface area contributed by atoms with Gasteiger partial charge in [0.05, 0.1) is 27.3 Å². The van der Waals surface area contributed by atoms with Crippen LogP contribution in [0.15, 0.2) is 69.1 Å². The third kappa shape index (κ3) is 6.41. The van der Waals surface area contributed by atoms with Crippen molar-refractivity contribution in [2.75, 3.05) is 11.5 Å². The van der Waals surface area contributed by atoms with E-state index in [9.17, 15) is 37.7 Å². The molecule has 1 fully saturated rings. The number of carbonyl (C=O) groups is 3. The highest BCUT2D eigenvalue weighted by Gasteiger charge is 2.37. The minimum Gasteiger partial charge on any atom is -0.490 e. The molecule has 15 heteroatoms. The van der Waals surface area contributed by atoms with Crippen molar-refractivity contribution in [3.8, 4) is 17.2 Å². The first-order valence-corrected chi connectivity index (χ1v) is 13.1. The number of halogens is 5. The molecule has 3 aromatic rings. The van der Waals surface area contributed by atoms with Crippen LogP contribution < -0.4 is 19.7 Å². The average molecular weight is 699 g/mol. The number of hydrogen-bond donors (Lipinski definition) is 1. The summed E-state index contributed by atoms with van der Waals surface area (Å²) in [4.78, 5) is 49.5. The Morgan fingerprint density at radius 1 is 1.02 bits per heavy atom. The summed E-state index contributed by atoms with van der Waals surface area (Å²) < 4.78 is 51.3. The number of nitro groups is 1. The van der Waals surface area contributed by atoms with Gasteiger partial charge in [-0.3, -0.25) is 25.0 Å². The molecule has 0 unspecified atom stereocenters. The first-order chi connectivity index (χ1) is 19.3. The second kappa shape index (κ2) is 11.7. The smallest absolute Gasteiger partial charge is 0.416 e. The molecule has 1 N–H and O–H groups in total. The van der Waals surface area contributed by atoms with E-state index in [-0.39, 0.29) is 39.4 Å². The molecule has 1 aliphatic heterocycles. The quantitative estimate of drug-likeness (QED) is 0.122. The van der Waals surface area contributed by atoms with E-state index in [4.69, 9.17) is 9.47 Å². The van der Waals surface area contributed by atoms with Crippen LogP contribution >= 0.6 is 31.9 Å². The van der Waals surface area contributed by atoms with Gasteiger partial charge in [-0.2, -0.15) is 13.2 Å². The average Bonchev–Trinajstić information content (AvgIpc) is 2.89. The predicted molar refractivity (Wildman–Crippen MR) is 147 cm³/mol. The summed E-state index contributed by atoms with van der Waals surface area (Å²) in [6.07, 6.45) is -3.61. The Kier molecular flexibility index (Phi) is 8.49. The Labute approximate surface area is 246 Å². The largest absolute Gasteiger partial charge is 0.490 e. The molecule has 0 bridgehead atoms. The molecule has 0 aromatic heterocycles. The van der Waals surface area contributed by atoms with Crippen LogP contribution in [0.5, 0.6) is 17.2 Å². The molecule has 4 rings (SSSR count). The van der Waals surface area contributed by atoms with Crippen molar-refractivity contribution in [1.29, 1.82) is 0 Å². The number of ether oxygens (including phenoxy) is 2. The van der Waals surface area contributed by atoms with Crippen LogP contribution in [0, 0.1) is 10.1 Å². The summed E-state index contributed by atoms with van der Waals surface area (Å²) in [5, 5.41) is 13.6. The molecule has 3 aromatic carbocycles. The van der Waals surface area contributed by atoms with Crippen molar-refractivity contribution in [1.82, 2.24) is 5.32 Å². The third-order valence-electron chi connectivity index (χ3n) is 5.52. The molecule has 41 heavy (non-hydrogen) atoms. The summed E-state index contributed by atoms with van der Waals surface area (Å²) in [7, 11) is 0. The predicted octanol–water partition coefficient (Wildman–Crippen LogP) is 7.00. The third-order valence-corrected chi connectivity index (χ3v) is 6.64. The summed E-state index contributed by atoms with van der Waals surface area (Å²) in [5.74, 6) is -2.43. The van der Waals surface area contributed by atoms with E-state index >= 15 is 0 Å². The summed E-state index contributed by atoms with van der Waals surface area (Å²) in [5.41, 5.74) is -2.09. The van der Waals surface area contributed by atoms with Crippen molar-refractivity contribution < 1.29 is 42.0 Å². The highest BCUT2D eigenvalue weighted by Crippen LogP contribution is 2.44. The van der Waals surface area contributed by atoms with E-state index in [0.717, 1.165) is 11.0 Å². The van der Waals surface area contributed by atoms with Gasteiger partial charge in [-0.05, 0) is 83.0 Å². The van der Waals surface area contributed by atoms with Gasteiger partial charge in [-0.1, -0.05) is 15.9 Å². The van der Waals surface area contributed by atoms with E-state index in [0.29, 0.717) is 16.6 Å². The number of benzene rings is 3. The van der Waals surface area contributed by atoms with Crippen LogP contribution in [0.3, 0.4) is 0 Å². The second-order valence-electron chi connectivity index (χ2n) is 8.24. The van der Waals surface area contributed by atoms with Crippen LogP contribution in [0.25, 0.3) is 6.08 Å². The van der Waals surface area contributed by atoms with Crippen molar-refractivity contribution in [2.45, 2.75) is 13.1 Å². The Morgan fingerprint density at radius 2 is 1.71 bits per heavy atom. The number of anilines is 1. The topological polar surface area (TPSA) is 128 Å². The van der Waals surface area contributed by atoms with Gasteiger partial charge in [0.2, 0.25) is 5.75 Å². The van der Waals surface area contributed by atoms with Gasteiger partial charge >= 0.3 is 17.9 Å². The number of nitrogens with one attached hydrogen (secondary N) is 1. The lowest BCUT2D eigenvalue weighted by Crippen LogP contribution is -2.54. The zero-order valence-electron chi connectivity index (χ0n) is 20.6. The Bertz CT molecular complexity index is 1610. The highest BCUT2D eigenvalue weighted by molar-refractivity contribution is 9.10. The molecule has 1 aliphatic rings. The molecule has 10 nitrogen and oxygen atoms in total. The van der Waals surface area contributed by atoms with Gasteiger partial charge in [0.1, 0.15) is 5.57 Å². The first kappa shape index (κ1) is 29.7. The maximum atomic E-state index is 13.2. The second-order valence-corrected chi connectivity index (χ2v) is 10.0. The molecule has 0 atom stereocenters. The molecule has 0 aliphatic carbocycles. The van der Waals surface area contributed by atoms with Crippen LogP contribution in [0.4, 0.5) is 29.3 Å². The van der Waals surface area contributed by atoms with E-state index in [1.807, 2.05) is 0 Å². The molecule has 0 saturated carbocycles. The highest BCUT2D eigenvalue weighted by atomic mass is 79.9. The first-order valence-electron chi connectivity index (χ1n) is 11.5. The number of amides is 4. The van der Waals surface area contributed by atoms with Gasteiger partial charge in [0, 0.05) is 10.5 Å². The number of alkyl halides is 3. The summed E-state index contributed by atoms with van der Waals surface area (Å²) in [6, 6.07) is 9.86. The fraction of sp³-hybridized carbons (Fsp3) is 0.115. The Hall–Kier alpha value is -4.24. The molecular weight excluding hydrogens is 683 g/mol. The number of rotatable bonds is 7. The van der Waals surface area contributed by atoms with Gasteiger partial charge in [0.15, 0.2) is 11.5 Å². The monoisotopic (exact) mass is 697 g/mol. The lowest BCUT2D eigenvalue weighted by Gasteiger charge is -2.26. The summed E-state index contributed by atoms with van der Waals surface area (Å²) >= 11 is 6.52. The molecular formula is C26H16Br2F3N3O7. The van der Waals surface area contributed by atoms with Crippen molar-refractivity contribution in [2.24, 2.45) is 0 Å². The number of barbiturate groups is 1. The molecule has 1 saturated heterocycles. The van der Waals surface area contributed by atoms with Crippen molar-refractivity contribution in [3.63, 3.8) is 0 Å². The molecule has 1 heterocycles. The van der Waals surface area contributed by atoms with E-state index < -0.39 is 45.9 Å². The van der Waals surface area contributed by atoms with Gasteiger partial charge in [-0.15, -0.1) is 0 Å². The number of imide groups is 2. The fourth-order valence-electron chi connectivity index (χ4n) is 3.71. The molecule has 0 spiro atoms. The number of carbonyl (C=O) groups excluding carboxylic acids is 3. The van der Waals surface area contributed by atoms with Gasteiger partial charge in [-0.25, -0.2) is 9.69 Å². The zero-order valence-corrected chi connectivity index (χ0v) is 23.8. The van der Waals surface area contributed by atoms with Crippen LogP contribution in [-0.2, 0) is 15.8 Å². The number of hydrogen-bond acceptors (Lipinski definition) is 7. The minimum absolute atomic E-state index is 0.00701. The summed E-state index contributed by atoms with van der Waals surface area (Å²) in [6.45, 7) is 1.71. The molecule has 4 amide bonds. The van der Waals surface area contributed by atoms with E-state index in [1.54, 1.807) is 19.1 Å². The normalized spacial score (nSPS) is 14.7. The van der Waals surface area contributed by atoms with Crippen molar-refractivity contribution in [3.05, 3.63) is 90.4 Å². The molecule has 212 valence electrons. The van der Waals surface area contributed by atoms with Crippen LogP contribution in [-0.4, -0.2) is 29.4 Å². The Balaban J connectivity index is 1.74. The minimum atomic E-state index is -4.81. The van der Waals surface area contributed by atoms with E-state index in [1.165, 1.54) is 30.3 Å². The number of nitrogens with zero attached hydrogens (tertiary/aromatic N) is 2. The van der Waals surface area contributed by atoms with Crippen LogP contribution in [0.1, 0.15) is 18.1 Å². The molecule has 0 radical (unpaired) electrons. The maximum absolute atomic E-state index is 13.2. The zero-order chi connectivity index (χ0) is 30.1. The van der Waals surface area contributed by atoms with Gasteiger partial charge < -0.3 is 9.47 Å². The maximum Gasteiger partial charge on any atom is 0.416 e. The number of urea groups is 1. The lowest BCUT2D eigenvalue weighted by molar-refractivity contribution is -0.385. The lowest BCUT2D eigenvalue weighted by atomic mass is 10.1.